The van der Waals surface area contributed by atoms with E-state index in [4.69, 9.17) is 14.0 Å². The van der Waals surface area contributed by atoms with E-state index >= 15 is 0 Å². The van der Waals surface area contributed by atoms with E-state index in [0.717, 1.165) is 13.0 Å². The summed E-state index contributed by atoms with van der Waals surface area (Å²) in [5.74, 6) is 0.677. The Hall–Kier alpha value is -0.0551. The van der Waals surface area contributed by atoms with Crippen LogP contribution in [0.4, 0.5) is 0 Å². The molecule has 0 N–H and O–H groups in total. The van der Waals surface area contributed by atoms with Crippen LogP contribution < -0.4 is 0 Å². The fourth-order valence-electron chi connectivity index (χ4n) is 0.833. The second-order valence-electron chi connectivity index (χ2n) is 3.08. The van der Waals surface area contributed by atoms with Crippen molar-refractivity contribution in [3.63, 3.8) is 0 Å². The quantitative estimate of drug-likeness (QED) is 0.573. The lowest BCUT2D eigenvalue weighted by atomic mass is 10.1. The first-order valence-corrected chi connectivity index (χ1v) is 4.14. The van der Waals surface area contributed by atoms with Crippen LogP contribution in [0.5, 0.6) is 0 Å². The molecule has 0 aromatic heterocycles. The van der Waals surface area contributed by atoms with Gasteiger partial charge in [-0.2, -0.15) is 0 Å². The Morgan fingerprint density at radius 2 is 2.00 bits per heavy atom. The van der Waals surface area contributed by atoms with Gasteiger partial charge in [-0.3, -0.25) is 0 Å². The van der Waals surface area contributed by atoms with Gasteiger partial charge in [0, 0.05) is 6.61 Å². The van der Waals surface area contributed by atoms with Gasteiger partial charge >= 0.3 is 7.32 Å². The molecule has 0 unspecified atom stereocenters. The Bertz CT molecular complexity index is 102. The largest absolute Gasteiger partial charge is 0.639 e. The highest BCUT2D eigenvalue weighted by Crippen LogP contribution is 2.04. The maximum atomic E-state index is 5.27. The van der Waals surface area contributed by atoms with Gasteiger partial charge in [0.15, 0.2) is 0 Å². The molecule has 1 fully saturated rings. The Kier molecular flexibility index (Phi) is 3.90. The van der Waals surface area contributed by atoms with Gasteiger partial charge in [0.2, 0.25) is 0 Å². The van der Waals surface area contributed by atoms with Crippen molar-refractivity contribution in [1.82, 2.24) is 0 Å². The van der Waals surface area contributed by atoms with Crippen LogP contribution in [-0.4, -0.2) is 27.1 Å². The van der Waals surface area contributed by atoms with Gasteiger partial charge in [-0.25, -0.2) is 0 Å². The summed E-state index contributed by atoms with van der Waals surface area (Å²) in [6.45, 7) is 6.38. The van der Waals surface area contributed by atoms with E-state index in [1.54, 1.807) is 0 Å². The zero-order chi connectivity index (χ0) is 8.10. The van der Waals surface area contributed by atoms with Crippen LogP contribution in [0.1, 0.15) is 20.3 Å². The predicted octanol–water partition coefficient (Wildman–Crippen LogP) is 1.08. The molecule has 0 aromatic carbocycles. The van der Waals surface area contributed by atoms with Crippen molar-refractivity contribution in [1.29, 1.82) is 0 Å². The first-order chi connectivity index (χ1) is 5.29. The molecule has 64 valence electrons. The molecule has 0 aromatic rings. The van der Waals surface area contributed by atoms with E-state index in [0.29, 0.717) is 19.1 Å². The highest BCUT2D eigenvalue weighted by Gasteiger charge is 2.26. The minimum absolute atomic E-state index is 0.395. The molecule has 0 spiro atoms. The lowest BCUT2D eigenvalue weighted by Crippen LogP contribution is -2.20. The van der Waals surface area contributed by atoms with Crippen LogP contribution in [0.3, 0.4) is 0 Å². The molecule has 1 heterocycles. The standard InChI is InChI=1S/C7H15BO3/c1-7(2)3-4-9-8-10-5-6-11-8/h7H,3-6H2,1-2H3. The molecule has 0 saturated carbocycles. The van der Waals surface area contributed by atoms with Crippen molar-refractivity contribution in [3.05, 3.63) is 0 Å². The molecule has 0 amide bonds. The van der Waals surface area contributed by atoms with Gasteiger partial charge in [0.05, 0.1) is 13.2 Å². The van der Waals surface area contributed by atoms with Crippen LogP contribution in [0.15, 0.2) is 0 Å². The maximum absolute atomic E-state index is 5.27. The molecule has 1 saturated heterocycles. The van der Waals surface area contributed by atoms with Crippen LogP contribution in [-0.2, 0) is 14.0 Å². The number of rotatable bonds is 4. The summed E-state index contributed by atoms with van der Waals surface area (Å²) in [5.41, 5.74) is 0. The van der Waals surface area contributed by atoms with E-state index < -0.39 is 7.32 Å². The van der Waals surface area contributed by atoms with E-state index in [2.05, 4.69) is 13.8 Å². The Balaban J connectivity index is 1.94. The van der Waals surface area contributed by atoms with Crippen molar-refractivity contribution in [2.45, 2.75) is 20.3 Å². The molecular formula is C7H15BO3. The Morgan fingerprint density at radius 3 is 2.55 bits per heavy atom. The van der Waals surface area contributed by atoms with Gasteiger partial charge in [-0.15, -0.1) is 0 Å². The lowest BCUT2D eigenvalue weighted by molar-refractivity contribution is 0.170. The van der Waals surface area contributed by atoms with Gasteiger partial charge in [0.25, 0.3) is 0 Å². The zero-order valence-electron chi connectivity index (χ0n) is 7.21. The second kappa shape index (κ2) is 4.75. The van der Waals surface area contributed by atoms with Crippen molar-refractivity contribution >= 4 is 7.32 Å². The fourth-order valence-corrected chi connectivity index (χ4v) is 0.833. The summed E-state index contributed by atoms with van der Waals surface area (Å²) < 4.78 is 15.4. The summed E-state index contributed by atoms with van der Waals surface area (Å²) >= 11 is 0. The molecule has 1 rings (SSSR count). The monoisotopic (exact) mass is 158 g/mol. The number of hydrogen-bond acceptors (Lipinski definition) is 3. The predicted molar refractivity (Wildman–Crippen MR) is 43.1 cm³/mol. The van der Waals surface area contributed by atoms with Crippen molar-refractivity contribution in [3.8, 4) is 0 Å². The summed E-state index contributed by atoms with van der Waals surface area (Å²) in [6.07, 6.45) is 1.06. The van der Waals surface area contributed by atoms with Gasteiger partial charge < -0.3 is 14.0 Å². The molecule has 0 aliphatic carbocycles. The zero-order valence-corrected chi connectivity index (χ0v) is 7.21. The van der Waals surface area contributed by atoms with Gasteiger partial charge in [-0.1, -0.05) is 13.8 Å². The molecule has 0 bridgehead atoms. The minimum atomic E-state index is -0.395. The first-order valence-electron chi connectivity index (χ1n) is 4.14. The Labute approximate surface area is 68.2 Å². The van der Waals surface area contributed by atoms with Crippen molar-refractivity contribution < 1.29 is 14.0 Å². The highest BCUT2D eigenvalue weighted by atomic mass is 16.8. The summed E-state index contributed by atoms with van der Waals surface area (Å²) in [7, 11) is -0.395. The molecule has 0 atom stereocenters. The lowest BCUT2D eigenvalue weighted by Gasteiger charge is -2.06. The molecule has 1 aliphatic rings. The fraction of sp³-hybridized carbons (Fsp3) is 1.00. The molecule has 0 radical (unpaired) electrons. The normalized spacial score (nSPS) is 18.3. The third kappa shape index (κ3) is 3.75. The van der Waals surface area contributed by atoms with Gasteiger partial charge in [0.1, 0.15) is 0 Å². The van der Waals surface area contributed by atoms with Crippen molar-refractivity contribution in [2.75, 3.05) is 19.8 Å². The SMILES string of the molecule is CC(C)CCOB1OCCO1. The number of hydrogen-bond donors (Lipinski definition) is 0. The third-order valence-corrected chi connectivity index (χ3v) is 1.54. The highest BCUT2D eigenvalue weighted by molar-refractivity contribution is 6.36. The van der Waals surface area contributed by atoms with Crippen LogP contribution in [0, 0.1) is 5.92 Å². The van der Waals surface area contributed by atoms with Gasteiger partial charge in [-0.05, 0) is 12.3 Å². The average Bonchev–Trinajstić information content (AvgIpc) is 2.39. The van der Waals surface area contributed by atoms with Crippen LogP contribution in [0.2, 0.25) is 0 Å². The van der Waals surface area contributed by atoms with E-state index in [1.807, 2.05) is 0 Å². The van der Waals surface area contributed by atoms with E-state index in [1.165, 1.54) is 0 Å². The minimum Gasteiger partial charge on any atom is -0.386 e. The molecule has 4 heteroatoms. The summed E-state index contributed by atoms with van der Waals surface area (Å²) in [6, 6.07) is 0. The van der Waals surface area contributed by atoms with E-state index in [-0.39, 0.29) is 0 Å². The molecule has 3 nitrogen and oxygen atoms in total. The molecular weight excluding hydrogens is 143 g/mol. The Morgan fingerprint density at radius 1 is 1.36 bits per heavy atom. The maximum Gasteiger partial charge on any atom is 0.639 e. The first kappa shape index (κ1) is 9.04. The summed E-state index contributed by atoms with van der Waals surface area (Å²) in [5, 5.41) is 0. The van der Waals surface area contributed by atoms with Crippen molar-refractivity contribution in [2.24, 2.45) is 5.92 Å². The van der Waals surface area contributed by atoms with Crippen LogP contribution in [0.25, 0.3) is 0 Å². The van der Waals surface area contributed by atoms with Crippen LogP contribution >= 0.6 is 0 Å². The van der Waals surface area contributed by atoms with E-state index in [9.17, 15) is 0 Å². The molecule has 11 heavy (non-hydrogen) atoms. The summed E-state index contributed by atoms with van der Waals surface area (Å²) in [4.78, 5) is 0. The third-order valence-electron chi connectivity index (χ3n) is 1.54. The smallest absolute Gasteiger partial charge is 0.386 e. The second-order valence-corrected chi connectivity index (χ2v) is 3.08. The topological polar surface area (TPSA) is 27.7 Å². The molecule has 1 aliphatic heterocycles. The average molecular weight is 158 g/mol.